The van der Waals surface area contributed by atoms with Gasteiger partial charge >= 0.3 is 0 Å². The number of rotatable bonds is 5. The van der Waals surface area contributed by atoms with Crippen LogP contribution in [0.4, 0.5) is 19.0 Å². The van der Waals surface area contributed by atoms with Gasteiger partial charge in [-0.1, -0.05) is 18.2 Å². The van der Waals surface area contributed by atoms with E-state index in [2.05, 4.69) is 15.3 Å². The minimum Gasteiger partial charge on any atom is -0.363 e. The summed E-state index contributed by atoms with van der Waals surface area (Å²) in [5.74, 6) is -1.56. The molecule has 3 heterocycles. The highest BCUT2D eigenvalue weighted by Gasteiger charge is 2.46. The number of aryl methyl sites for hydroxylation is 1. The first-order valence-electron chi connectivity index (χ1n) is 10.3. The van der Waals surface area contributed by atoms with E-state index in [1.165, 1.54) is 36.1 Å². The zero-order chi connectivity index (χ0) is 24.8. The quantitative estimate of drug-likeness (QED) is 0.583. The highest BCUT2D eigenvalue weighted by Crippen LogP contribution is 2.36. The van der Waals surface area contributed by atoms with Crippen molar-refractivity contribution in [2.45, 2.75) is 31.2 Å². The van der Waals surface area contributed by atoms with Crippen LogP contribution in [0, 0.1) is 17.1 Å². The number of hydrogen-bond acceptors (Lipinski definition) is 7. The number of benzene rings is 1. The first kappa shape index (κ1) is 23.7. The number of nitriles is 1. The maximum absolute atomic E-state index is 14.7. The number of halogens is 3. The smallest absolute Gasteiger partial charge is 0.266 e. The standard InChI is InChI=1S/C22H20F3N5O3S/c1-12(13-4-3-5-14(17(13)23)18(24)25)29-19-15-8-16(21(31)30(2)20(15)28-11-27-19)22(9-26)6-7-34(32,33)10-22/h3-5,8,11-12,18H,6-7,10H2,1-2H3,(H,27,28,29)/t12-,22?/m1/s1. The predicted molar refractivity (Wildman–Crippen MR) is 119 cm³/mol. The second-order valence-electron chi connectivity index (χ2n) is 8.33. The number of nitrogens with one attached hydrogen (secondary N) is 1. The average molecular weight is 491 g/mol. The Hall–Kier alpha value is -3.46. The van der Waals surface area contributed by atoms with Crippen LogP contribution in [-0.2, 0) is 22.3 Å². The van der Waals surface area contributed by atoms with Crippen molar-refractivity contribution in [1.29, 1.82) is 5.26 Å². The van der Waals surface area contributed by atoms with E-state index in [9.17, 15) is 31.6 Å². The molecule has 0 saturated carbocycles. The van der Waals surface area contributed by atoms with E-state index in [0.29, 0.717) is 5.39 Å². The van der Waals surface area contributed by atoms with E-state index < -0.39 is 50.4 Å². The van der Waals surface area contributed by atoms with Crippen molar-refractivity contribution in [2.75, 3.05) is 16.8 Å². The molecule has 3 aromatic rings. The summed E-state index contributed by atoms with van der Waals surface area (Å²) in [5, 5.41) is 13.1. The lowest BCUT2D eigenvalue weighted by molar-refractivity contribution is 0.146. The topological polar surface area (TPSA) is 118 Å². The summed E-state index contributed by atoms with van der Waals surface area (Å²) in [5.41, 5.74) is -2.60. The summed E-state index contributed by atoms with van der Waals surface area (Å²) < 4.78 is 66.4. The first-order chi connectivity index (χ1) is 16.0. The van der Waals surface area contributed by atoms with Crippen LogP contribution in [0.2, 0.25) is 0 Å². The average Bonchev–Trinajstić information content (AvgIpc) is 3.12. The highest BCUT2D eigenvalue weighted by atomic mass is 32.2. The van der Waals surface area contributed by atoms with E-state index in [0.717, 1.165) is 6.07 Å². The molecule has 1 unspecified atom stereocenters. The molecule has 1 N–H and O–H groups in total. The van der Waals surface area contributed by atoms with Crippen LogP contribution in [0.1, 0.15) is 42.5 Å². The van der Waals surface area contributed by atoms with E-state index in [1.807, 2.05) is 6.07 Å². The monoisotopic (exact) mass is 491 g/mol. The summed E-state index contributed by atoms with van der Waals surface area (Å²) in [6, 6.07) is 6.32. The van der Waals surface area contributed by atoms with Gasteiger partial charge in [0, 0.05) is 18.2 Å². The van der Waals surface area contributed by atoms with Gasteiger partial charge in [0.1, 0.15) is 29.0 Å². The molecule has 8 nitrogen and oxygen atoms in total. The van der Waals surface area contributed by atoms with E-state index in [-0.39, 0.29) is 34.8 Å². The van der Waals surface area contributed by atoms with Gasteiger partial charge in [-0.25, -0.2) is 31.6 Å². The Kier molecular flexibility index (Phi) is 5.85. The summed E-state index contributed by atoms with van der Waals surface area (Å²) in [6.07, 6.45) is -1.82. The first-order valence-corrected chi connectivity index (χ1v) is 12.1. The molecular formula is C22H20F3N5O3S. The van der Waals surface area contributed by atoms with Gasteiger partial charge in [-0.15, -0.1) is 0 Å². The maximum Gasteiger partial charge on any atom is 0.266 e. The third-order valence-corrected chi connectivity index (χ3v) is 7.91. The zero-order valence-corrected chi connectivity index (χ0v) is 19.0. The Bertz CT molecular complexity index is 1500. The number of fused-ring (bicyclic) bond motifs is 1. The lowest BCUT2D eigenvalue weighted by Crippen LogP contribution is -2.35. The molecule has 1 fully saturated rings. The summed E-state index contributed by atoms with van der Waals surface area (Å²) in [4.78, 5) is 21.3. The van der Waals surface area contributed by atoms with Crippen molar-refractivity contribution in [1.82, 2.24) is 14.5 Å². The fraction of sp³-hybridized carbons (Fsp3) is 0.364. The number of hydrogen-bond donors (Lipinski definition) is 1. The fourth-order valence-corrected chi connectivity index (χ4v) is 6.21. The molecule has 4 rings (SSSR count). The van der Waals surface area contributed by atoms with Crippen molar-refractivity contribution in [3.8, 4) is 6.07 Å². The molecule has 1 aliphatic heterocycles. The lowest BCUT2D eigenvalue weighted by atomic mass is 9.82. The molecule has 0 radical (unpaired) electrons. The fourth-order valence-electron chi connectivity index (χ4n) is 4.29. The van der Waals surface area contributed by atoms with Gasteiger partial charge in [0.15, 0.2) is 9.84 Å². The van der Waals surface area contributed by atoms with Crippen molar-refractivity contribution in [3.05, 3.63) is 63.5 Å². The van der Waals surface area contributed by atoms with Crippen LogP contribution in [0.25, 0.3) is 11.0 Å². The van der Waals surface area contributed by atoms with E-state index >= 15 is 0 Å². The SMILES string of the molecule is C[C@@H](Nc1ncnc2c1cc(C1(C#N)CCS(=O)(=O)C1)c(=O)n2C)c1cccc(C(F)F)c1F. The van der Waals surface area contributed by atoms with Gasteiger partial charge in [0.05, 0.1) is 34.6 Å². The Balaban J connectivity index is 1.84. The molecule has 178 valence electrons. The van der Waals surface area contributed by atoms with Crippen LogP contribution in [0.15, 0.2) is 35.4 Å². The molecule has 1 aromatic carbocycles. The van der Waals surface area contributed by atoms with Crippen molar-refractivity contribution in [2.24, 2.45) is 7.05 Å². The Morgan fingerprint density at radius 2 is 1.97 bits per heavy atom. The third-order valence-electron chi connectivity index (χ3n) is 6.15. The second kappa shape index (κ2) is 8.39. The van der Waals surface area contributed by atoms with Gasteiger partial charge in [-0.2, -0.15) is 5.26 Å². The normalized spacial score (nSPS) is 20.4. The van der Waals surface area contributed by atoms with Crippen molar-refractivity contribution < 1.29 is 21.6 Å². The molecule has 0 spiro atoms. The molecule has 2 aromatic heterocycles. The minimum atomic E-state index is -3.50. The number of pyridine rings is 1. The zero-order valence-electron chi connectivity index (χ0n) is 18.2. The summed E-state index contributed by atoms with van der Waals surface area (Å²) in [7, 11) is -2.06. The van der Waals surface area contributed by atoms with Crippen LogP contribution in [-0.4, -0.2) is 34.5 Å². The Morgan fingerprint density at radius 1 is 1.26 bits per heavy atom. The van der Waals surface area contributed by atoms with Crippen molar-refractivity contribution >= 4 is 26.7 Å². The molecule has 0 aliphatic carbocycles. The number of alkyl halides is 2. The van der Waals surface area contributed by atoms with Crippen molar-refractivity contribution in [3.63, 3.8) is 0 Å². The highest BCUT2D eigenvalue weighted by molar-refractivity contribution is 7.91. The Labute approximate surface area is 193 Å². The summed E-state index contributed by atoms with van der Waals surface area (Å²) in [6.45, 7) is 1.56. The Morgan fingerprint density at radius 3 is 2.59 bits per heavy atom. The predicted octanol–water partition coefficient (Wildman–Crippen LogP) is 3.16. The van der Waals surface area contributed by atoms with Crippen LogP contribution < -0.4 is 10.9 Å². The van der Waals surface area contributed by atoms with Gasteiger partial charge in [-0.3, -0.25) is 9.36 Å². The largest absolute Gasteiger partial charge is 0.363 e. The molecule has 0 bridgehead atoms. The third kappa shape index (κ3) is 3.90. The maximum atomic E-state index is 14.7. The van der Waals surface area contributed by atoms with E-state index in [1.54, 1.807) is 6.92 Å². The van der Waals surface area contributed by atoms with Gasteiger partial charge in [0.25, 0.3) is 12.0 Å². The molecular weight excluding hydrogens is 471 g/mol. The number of sulfone groups is 1. The van der Waals surface area contributed by atoms with E-state index in [4.69, 9.17) is 0 Å². The molecule has 34 heavy (non-hydrogen) atoms. The minimum absolute atomic E-state index is 0.00227. The van der Waals surface area contributed by atoms with Gasteiger partial charge in [0.2, 0.25) is 0 Å². The number of aromatic nitrogens is 3. The molecule has 0 amide bonds. The molecule has 2 atom stereocenters. The lowest BCUT2D eigenvalue weighted by Gasteiger charge is -2.22. The van der Waals surface area contributed by atoms with Crippen LogP contribution >= 0.6 is 0 Å². The molecule has 1 aliphatic rings. The van der Waals surface area contributed by atoms with Gasteiger partial charge in [-0.05, 0) is 19.4 Å². The molecule has 1 saturated heterocycles. The van der Waals surface area contributed by atoms with Crippen LogP contribution in [0.5, 0.6) is 0 Å². The van der Waals surface area contributed by atoms with Crippen LogP contribution in [0.3, 0.4) is 0 Å². The summed E-state index contributed by atoms with van der Waals surface area (Å²) >= 11 is 0. The second-order valence-corrected chi connectivity index (χ2v) is 10.5. The number of nitrogens with zero attached hydrogens (tertiary/aromatic N) is 4. The molecule has 12 heteroatoms. The number of anilines is 1. The van der Waals surface area contributed by atoms with Gasteiger partial charge < -0.3 is 5.32 Å².